The van der Waals surface area contributed by atoms with Crippen LogP contribution in [0, 0.1) is 67.2 Å². The monoisotopic (exact) mass is 1120 g/mol. The van der Waals surface area contributed by atoms with Gasteiger partial charge in [-0.3, -0.25) is 9.97 Å². The zero-order valence-electron chi connectivity index (χ0n) is 49.2. The van der Waals surface area contributed by atoms with E-state index >= 15 is 0 Å². The highest BCUT2D eigenvalue weighted by Gasteiger charge is 2.46. The largest absolute Gasteiger partial charge is 0.254 e. The molecule has 2 aromatic heterocycles. The maximum Gasteiger partial charge on any atom is 0.206 e. The van der Waals surface area contributed by atoms with Gasteiger partial charge in [-0.2, -0.15) is 0 Å². The molecule has 82 heavy (non-hydrogen) atoms. The summed E-state index contributed by atoms with van der Waals surface area (Å²) in [5.74, 6) is 0.282. The van der Waals surface area contributed by atoms with E-state index in [4.69, 9.17) is 0 Å². The van der Waals surface area contributed by atoms with Crippen LogP contribution in [0.25, 0.3) is 22.5 Å². The van der Waals surface area contributed by atoms with Crippen LogP contribution in [-0.4, -0.2) is 26.8 Å². The van der Waals surface area contributed by atoms with Crippen molar-refractivity contribution in [2.24, 2.45) is 11.8 Å². The zero-order valence-corrected chi connectivity index (χ0v) is 50.8. The lowest BCUT2D eigenvalue weighted by Gasteiger charge is -2.39. The first kappa shape index (κ1) is 61.6. The number of hydrogen-bond donors (Lipinski definition) is 0. The average Bonchev–Trinajstić information content (AvgIpc) is 3.28. The van der Waals surface area contributed by atoms with Crippen molar-refractivity contribution >= 4 is 19.7 Å². The van der Waals surface area contributed by atoms with Crippen molar-refractivity contribution in [1.29, 1.82) is 0 Å². The number of sulfone groups is 2. The molecule has 6 nitrogen and oxygen atoms in total. The van der Waals surface area contributed by atoms with Crippen LogP contribution in [0.2, 0.25) is 0 Å². The Bertz CT molecular complexity index is 3470. The summed E-state index contributed by atoms with van der Waals surface area (Å²) in [5, 5.41) is -0.815. The van der Waals surface area contributed by atoms with E-state index < -0.39 is 30.2 Å². The van der Waals surface area contributed by atoms with Gasteiger partial charge in [0.2, 0.25) is 9.84 Å². The summed E-state index contributed by atoms with van der Waals surface area (Å²) in [6.45, 7) is 20.6. The Morgan fingerprint density at radius 3 is 1.00 bits per heavy atom. The molecule has 420 valence electrons. The van der Waals surface area contributed by atoms with E-state index in [1.165, 1.54) is 55.6 Å². The van der Waals surface area contributed by atoms with E-state index in [0.717, 1.165) is 46.5 Å². The van der Waals surface area contributed by atoms with Crippen molar-refractivity contribution in [3.63, 3.8) is 0 Å². The topological polar surface area (TPSA) is 94.1 Å². The Kier molecular flexibility index (Phi) is 21.8. The van der Waals surface area contributed by atoms with Crippen LogP contribution in [0.5, 0.6) is 0 Å². The fourth-order valence-electron chi connectivity index (χ4n) is 10.1. The highest BCUT2D eigenvalue weighted by atomic mass is 32.2. The second-order valence-corrected chi connectivity index (χ2v) is 25.9. The molecule has 4 atom stereocenters. The highest BCUT2D eigenvalue weighted by molar-refractivity contribution is 7.92. The molecule has 8 heteroatoms. The van der Waals surface area contributed by atoms with Gasteiger partial charge in [0, 0.05) is 12.4 Å². The summed E-state index contributed by atoms with van der Waals surface area (Å²) in [6.07, 6.45) is 5.69. The van der Waals surface area contributed by atoms with Gasteiger partial charge in [0.25, 0.3) is 0 Å². The fraction of sp³-hybridized carbons (Fsp3) is 0.216. The molecule has 10 aromatic rings. The maximum absolute atomic E-state index is 13.3. The van der Waals surface area contributed by atoms with Crippen LogP contribution in [0.4, 0.5) is 0 Å². The predicted octanol–water partition coefficient (Wildman–Crippen LogP) is 18.3. The van der Waals surface area contributed by atoms with Crippen LogP contribution in [0.15, 0.2) is 253 Å². The second-order valence-electron chi connectivity index (χ2n) is 21.8. The molecule has 1 aliphatic heterocycles. The Labute approximate surface area is 489 Å². The van der Waals surface area contributed by atoms with Gasteiger partial charge in [0.1, 0.15) is 0 Å². The fourth-order valence-corrected chi connectivity index (χ4v) is 14.3. The van der Waals surface area contributed by atoms with Gasteiger partial charge in [-0.05, 0) is 172 Å². The third kappa shape index (κ3) is 17.0. The molecule has 0 amide bonds. The predicted molar refractivity (Wildman–Crippen MR) is 341 cm³/mol. The number of nitrogens with zero attached hydrogens (tertiary/aromatic N) is 2. The summed E-state index contributed by atoms with van der Waals surface area (Å²) in [7, 11) is -6.64. The van der Waals surface area contributed by atoms with Crippen LogP contribution in [0.3, 0.4) is 0 Å². The van der Waals surface area contributed by atoms with Gasteiger partial charge in [-0.1, -0.05) is 230 Å². The van der Waals surface area contributed by atoms with E-state index in [0.29, 0.717) is 9.79 Å². The van der Waals surface area contributed by atoms with Gasteiger partial charge >= 0.3 is 0 Å². The summed E-state index contributed by atoms with van der Waals surface area (Å²) >= 11 is 0. The van der Waals surface area contributed by atoms with E-state index in [2.05, 4.69) is 149 Å². The van der Waals surface area contributed by atoms with Crippen molar-refractivity contribution in [3.8, 4) is 22.5 Å². The average molecular weight is 1120 g/mol. The van der Waals surface area contributed by atoms with E-state index in [1.807, 2.05) is 125 Å². The summed E-state index contributed by atoms with van der Waals surface area (Å²) in [5.41, 5.74) is 18.9. The van der Waals surface area contributed by atoms with E-state index in [1.54, 1.807) is 48.5 Å². The first-order valence-corrected chi connectivity index (χ1v) is 31.2. The molecule has 4 unspecified atom stereocenters. The zero-order chi connectivity index (χ0) is 58.8. The van der Waals surface area contributed by atoms with Crippen LogP contribution >= 0.6 is 0 Å². The minimum atomic E-state index is -3.37. The third-order valence-corrected chi connectivity index (χ3v) is 19.5. The standard InChI is InChI=1S/C19H22O2S.C15H16.C14H14O2S.C14H14.C12H12N2/c1-14-13-15(2)19(17-11-7-4-8-12-17)22(20,21)18(14)16-9-5-3-6-10-16;1-12-7-3-5-9-14(12)11-15-10-6-4-8-13(15)2;1-11-3-7-13(8-4-11)17(15,16)14-9-5-12(2)6-10-14;1-11-3-7-13(8-4-11)14-9-5-12(2)6-10-14;1-9-3-5-11(13-7-9)12-6-4-10(2)8-14-12/h3-12,14-15,18-19H,13H2,1-2H3;3-10H,11H2,1-2H3;3-10H,1-2H3;3-10H,1-2H3;3-8H,1-2H3. The molecule has 0 bridgehead atoms. The number of pyridine rings is 2. The lowest BCUT2D eigenvalue weighted by atomic mass is 9.86. The number of aryl methyl sites for hydroxylation is 8. The van der Waals surface area contributed by atoms with Crippen LogP contribution in [0.1, 0.15) is 97.5 Å². The molecule has 1 saturated heterocycles. The Balaban J connectivity index is 0.000000149. The molecule has 0 spiro atoms. The molecule has 0 radical (unpaired) electrons. The molecule has 3 heterocycles. The molecule has 0 aliphatic carbocycles. The van der Waals surface area contributed by atoms with Crippen molar-refractivity contribution in [2.75, 3.05) is 0 Å². The minimum Gasteiger partial charge on any atom is -0.254 e. The summed E-state index contributed by atoms with van der Waals surface area (Å²) in [4.78, 5) is 9.31. The molecule has 1 aliphatic rings. The number of aromatic nitrogens is 2. The summed E-state index contributed by atoms with van der Waals surface area (Å²) < 4.78 is 51.2. The minimum absolute atomic E-state index is 0.141. The van der Waals surface area contributed by atoms with E-state index in [9.17, 15) is 16.8 Å². The highest BCUT2D eigenvalue weighted by Crippen LogP contribution is 2.50. The van der Waals surface area contributed by atoms with Crippen LogP contribution in [-0.2, 0) is 26.1 Å². The quantitative estimate of drug-likeness (QED) is 0.150. The van der Waals surface area contributed by atoms with Crippen molar-refractivity contribution in [3.05, 3.63) is 310 Å². The van der Waals surface area contributed by atoms with Crippen molar-refractivity contribution in [1.82, 2.24) is 9.97 Å². The lowest BCUT2D eigenvalue weighted by Crippen LogP contribution is -2.35. The molecular weight excluding hydrogens is 1040 g/mol. The van der Waals surface area contributed by atoms with Crippen LogP contribution < -0.4 is 0 Å². The molecule has 11 rings (SSSR count). The Morgan fingerprint density at radius 2 is 0.683 bits per heavy atom. The van der Waals surface area contributed by atoms with Gasteiger partial charge in [-0.25, -0.2) is 16.8 Å². The smallest absolute Gasteiger partial charge is 0.206 e. The van der Waals surface area contributed by atoms with Gasteiger partial charge in [-0.15, -0.1) is 0 Å². The van der Waals surface area contributed by atoms with Crippen molar-refractivity contribution < 1.29 is 16.8 Å². The number of benzene rings is 8. The first-order chi connectivity index (χ1) is 39.3. The van der Waals surface area contributed by atoms with E-state index in [-0.39, 0.29) is 11.8 Å². The number of rotatable bonds is 8. The Hall–Kier alpha value is -8.04. The maximum atomic E-state index is 13.3. The van der Waals surface area contributed by atoms with Crippen molar-refractivity contribution in [2.45, 2.75) is 102 Å². The SMILES string of the molecule is CC1CC(C)C(c2ccccc2)S(=O)(=O)C1c1ccccc1.Cc1ccc(-c2ccc(C)cc2)cc1.Cc1ccc(-c2ccc(C)cn2)nc1.Cc1ccc(S(=O)(=O)c2ccc(C)cc2)cc1.Cc1ccccc1Cc1ccccc1C. The Morgan fingerprint density at radius 1 is 0.378 bits per heavy atom. The van der Waals surface area contributed by atoms with Gasteiger partial charge < -0.3 is 0 Å². The summed E-state index contributed by atoms with van der Waals surface area (Å²) in [6, 6.07) is 75.6. The van der Waals surface area contributed by atoms with Gasteiger partial charge in [0.05, 0.1) is 31.7 Å². The first-order valence-electron chi connectivity index (χ1n) is 28.1. The molecule has 0 N–H and O–H groups in total. The molecular formula is C74H78N2O4S2. The molecule has 8 aromatic carbocycles. The van der Waals surface area contributed by atoms with Gasteiger partial charge in [0.15, 0.2) is 9.84 Å². The second kappa shape index (κ2) is 29.1. The molecule has 1 fully saturated rings. The number of hydrogen-bond acceptors (Lipinski definition) is 6. The molecule has 0 saturated carbocycles. The lowest BCUT2D eigenvalue weighted by molar-refractivity contribution is 0.348. The normalized spacial score (nSPS) is 16.0. The third-order valence-electron chi connectivity index (χ3n) is 14.8.